The molecule has 4 nitrogen and oxygen atoms in total. The summed E-state index contributed by atoms with van der Waals surface area (Å²) >= 11 is 0. The second-order valence-electron chi connectivity index (χ2n) is 3.13. The van der Waals surface area contributed by atoms with Gasteiger partial charge >= 0.3 is 5.97 Å². The van der Waals surface area contributed by atoms with Crippen LogP contribution in [0, 0.1) is 6.85 Å². The number of fused-ring (bicyclic) bond motifs is 1. The molecular formula is C11H10N2O2. The van der Waals surface area contributed by atoms with Gasteiger partial charge in [-0.2, -0.15) is 0 Å². The molecule has 0 amide bonds. The maximum atomic E-state index is 10.8. The van der Waals surface area contributed by atoms with Crippen LogP contribution in [0.5, 0.6) is 0 Å². The van der Waals surface area contributed by atoms with Gasteiger partial charge in [-0.1, -0.05) is 0 Å². The molecule has 76 valence electrons. The van der Waals surface area contributed by atoms with Crippen LogP contribution in [0.15, 0.2) is 24.3 Å². The maximum Gasteiger partial charge on any atom is 0.335 e. The van der Waals surface area contributed by atoms with Crippen LogP contribution in [0.2, 0.25) is 0 Å². The zero-order valence-electron chi connectivity index (χ0n) is 10.7. The molecule has 4 heteroatoms. The number of nitrogens with two attached hydrogens (primary N) is 1. The van der Waals surface area contributed by atoms with E-state index in [4.69, 9.17) is 15.0 Å². The van der Waals surface area contributed by atoms with Crippen molar-refractivity contribution in [2.45, 2.75) is 6.85 Å². The normalized spacial score (nSPS) is 14.3. The standard InChI is InChI=1S/C11H10N2O2/c1-6-4-8-5-7(11(14)15)2-3-9(8)13-10(6)12/h2-5H,1H3,(H2,12,13)(H,14,15)/i1D3. The van der Waals surface area contributed by atoms with Gasteiger partial charge in [0, 0.05) is 9.50 Å². The first-order valence-corrected chi connectivity index (χ1v) is 4.23. The third-order valence-corrected chi connectivity index (χ3v) is 2.09. The average Bonchev–Trinajstić information content (AvgIpc) is 2.25. The molecule has 0 atom stereocenters. The molecule has 3 N–H and O–H groups in total. The van der Waals surface area contributed by atoms with E-state index in [1.807, 2.05) is 0 Å². The highest BCUT2D eigenvalue weighted by Gasteiger charge is 2.05. The van der Waals surface area contributed by atoms with E-state index in [9.17, 15) is 4.79 Å². The highest BCUT2D eigenvalue weighted by molar-refractivity contribution is 5.93. The number of aromatic carboxylic acids is 1. The number of anilines is 1. The lowest BCUT2D eigenvalue weighted by Gasteiger charge is -2.03. The molecule has 0 aliphatic heterocycles. The number of aromatic nitrogens is 1. The summed E-state index contributed by atoms with van der Waals surface area (Å²) in [6.45, 7) is -2.37. The highest BCUT2D eigenvalue weighted by atomic mass is 16.4. The van der Waals surface area contributed by atoms with Crippen molar-refractivity contribution in [3.05, 3.63) is 35.4 Å². The Hall–Kier alpha value is -2.10. The number of carboxylic acids is 1. The number of carbonyl (C=O) groups is 1. The van der Waals surface area contributed by atoms with Crippen LogP contribution < -0.4 is 5.73 Å². The monoisotopic (exact) mass is 205 g/mol. The van der Waals surface area contributed by atoms with Crippen molar-refractivity contribution in [3.63, 3.8) is 0 Å². The van der Waals surface area contributed by atoms with Gasteiger partial charge in [-0.05, 0) is 36.7 Å². The van der Waals surface area contributed by atoms with Crippen LogP contribution in [0.25, 0.3) is 10.9 Å². The Kier molecular flexibility index (Phi) is 1.38. The van der Waals surface area contributed by atoms with Crippen molar-refractivity contribution in [2.24, 2.45) is 0 Å². The maximum absolute atomic E-state index is 10.8. The van der Waals surface area contributed by atoms with Crippen molar-refractivity contribution >= 4 is 22.7 Å². The minimum Gasteiger partial charge on any atom is -0.478 e. The molecule has 0 spiro atoms. The van der Waals surface area contributed by atoms with Gasteiger partial charge in [0.15, 0.2) is 0 Å². The lowest BCUT2D eigenvalue weighted by atomic mass is 10.1. The summed E-state index contributed by atoms with van der Waals surface area (Å²) in [4.78, 5) is 14.8. The Balaban J connectivity index is 2.71. The topological polar surface area (TPSA) is 76.2 Å². The number of nitrogen functional groups attached to an aromatic ring is 1. The van der Waals surface area contributed by atoms with E-state index in [-0.39, 0.29) is 16.9 Å². The smallest absolute Gasteiger partial charge is 0.335 e. The van der Waals surface area contributed by atoms with Crippen molar-refractivity contribution < 1.29 is 14.0 Å². The molecule has 1 aromatic carbocycles. The highest BCUT2D eigenvalue weighted by Crippen LogP contribution is 2.19. The molecule has 2 rings (SSSR count). The second-order valence-corrected chi connectivity index (χ2v) is 3.13. The fourth-order valence-electron chi connectivity index (χ4n) is 1.32. The molecule has 1 heterocycles. The van der Waals surface area contributed by atoms with E-state index < -0.39 is 12.8 Å². The largest absolute Gasteiger partial charge is 0.478 e. The van der Waals surface area contributed by atoms with Gasteiger partial charge in [0.05, 0.1) is 11.1 Å². The van der Waals surface area contributed by atoms with Crippen LogP contribution in [-0.4, -0.2) is 16.1 Å². The fourth-order valence-corrected chi connectivity index (χ4v) is 1.32. The van der Waals surface area contributed by atoms with E-state index >= 15 is 0 Å². The summed E-state index contributed by atoms with van der Waals surface area (Å²) < 4.78 is 22.0. The Morgan fingerprint density at radius 1 is 1.53 bits per heavy atom. The van der Waals surface area contributed by atoms with Gasteiger partial charge in [0.2, 0.25) is 0 Å². The number of rotatable bonds is 1. The number of benzene rings is 1. The summed E-state index contributed by atoms with van der Waals surface area (Å²) in [5.74, 6) is -1.14. The molecule has 0 unspecified atom stereocenters. The first kappa shape index (κ1) is 6.40. The Labute approximate surface area is 90.6 Å². The average molecular weight is 205 g/mol. The first-order valence-electron chi connectivity index (χ1n) is 5.73. The van der Waals surface area contributed by atoms with E-state index in [0.29, 0.717) is 10.9 Å². The summed E-state index contributed by atoms with van der Waals surface area (Å²) in [5, 5.41) is 9.31. The van der Waals surface area contributed by atoms with E-state index in [1.165, 1.54) is 24.3 Å². The minimum absolute atomic E-state index is 0.0643. The molecule has 15 heavy (non-hydrogen) atoms. The van der Waals surface area contributed by atoms with E-state index in [0.717, 1.165) is 0 Å². The Morgan fingerprint density at radius 2 is 2.33 bits per heavy atom. The summed E-state index contributed by atoms with van der Waals surface area (Å²) in [6, 6.07) is 5.63. The molecule has 0 saturated carbocycles. The molecule has 0 aliphatic rings. The van der Waals surface area contributed by atoms with Crippen LogP contribution in [-0.2, 0) is 0 Å². The van der Waals surface area contributed by atoms with Crippen LogP contribution in [0.4, 0.5) is 5.82 Å². The molecule has 0 radical (unpaired) electrons. The van der Waals surface area contributed by atoms with Crippen LogP contribution >= 0.6 is 0 Å². The van der Waals surface area contributed by atoms with Crippen molar-refractivity contribution in [1.82, 2.24) is 4.98 Å². The first-order chi connectivity index (χ1) is 8.29. The minimum atomic E-state index is -2.37. The molecule has 0 bridgehead atoms. The summed E-state index contributed by atoms with van der Waals surface area (Å²) in [7, 11) is 0. The SMILES string of the molecule is [2H]C([2H])([2H])c1cc2cc(C(=O)O)ccc2nc1N. The third kappa shape index (κ3) is 1.61. The van der Waals surface area contributed by atoms with Gasteiger partial charge in [-0.3, -0.25) is 0 Å². The van der Waals surface area contributed by atoms with Gasteiger partial charge in [-0.15, -0.1) is 0 Å². The molecule has 2 aromatic rings. The quantitative estimate of drug-likeness (QED) is 0.744. The number of hydrogen-bond donors (Lipinski definition) is 2. The molecule has 0 aliphatic carbocycles. The molecular weight excluding hydrogens is 192 g/mol. The van der Waals surface area contributed by atoms with E-state index in [2.05, 4.69) is 4.98 Å². The van der Waals surface area contributed by atoms with E-state index in [1.54, 1.807) is 0 Å². The third-order valence-electron chi connectivity index (χ3n) is 2.09. The lowest BCUT2D eigenvalue weighted by molar-refractivity contribution is 0.0697. The predicted octanol–water partition coefficient (Wildman–Crippen LogP) is 1.82. The van der Waals surface area contributed by atoms with Gasteiger partial charge in [0.1, 0.15) is 5.82 Å². The van der Waals surface area contributed by atoms with Crippen LogP contribution in [0.3, 0.4) is 0 Å². The van der Waals surface area contributed by atoms with Crippen molar-refractivity contribution in [2.75, 3.05) is 5.73 Å². The lowest BCUT2D eigenvalue weighted by Crippen LogP contribution is -1.98. The van der Waals surface area contributed by atoms with Crippen molar-refractivity contribution in [1.29, 1.82) is 0 Å². The fraction of sp³-hybridized carbons (Fsp3) is 0.0909. The number of aryl methyl sites for hydroxylation is 1. The molecule has 1 aromatic heterocycles. The van der Waals surface area contributed by atoms with Crippen LogP contribution in [0.1, 0.15) is 20.0 Å². The zero-order chi connectivity index (χ0) is 13.5. The second kappa shape index (κ2) is 3.24. The summed E-state index contributed by atoms with van der Waals surface area (Å²) in [6.07, 6.45) is 0. The van der Waals surface area contributed by atoms with Gasteiger partial charge in [0.25, 0.3) is 0 Å². The number of nitrogens with zero attached hydrogens (tertiary/aromatic N) is 1. The number of hydrogen-bond acceptors (Lipinski definition) is 3. The number of pyridine rings is 1. The predicted molar refractivity (Wildman–Crippen MR) is 57.9 cm³/mol. The van der Waals surface area contributed by atoms with Crippen molar-refractivity contribution in [3.8, 4) is 0 Å². The Morgan fingerprint density at radius 3 is 3.00 bits per heavy atom. The number of carboxylic acid groups (broad SMARTS) is 1. The summed E-state index contributed by atoms with van der Waals surface area (Å²) in [5.41, 5.74) is 6.05. The molecule has 0 saturated heterocycles. The Bertz CT molecular complexity index is 638. The molecule has 0 fully saturated rings. The van der Waals surface area contributed by atoms with Gasteiger partial charge in [-0.25, -0.2) is 9.78 Å². The zero-order valence-corrected chi connectivity index (χ0v) is 7.69. The van der Waals surface area contributed by atoms with Gasteiger partial charge < -0.3 is 10.8 Å².